The molecule has 3 heteroatoms. The number of benzene rings is 1. The molecular formula is C10H9IrN2-. The van der Waals surface area contributed by atoms with E-state index in [2.05, 4.69) is 11.1 Å². The van der Waals surface area contributed by atoms with E-state index in [1.165, 1.54) is 17.0 Å². The van der Waals surface area contributed by atoms with Crippen molar-refractivity contribution in [3.63, 3.8) is 0 Å². The second-order valence-corrected chi connectivity index (χ2v) is 2.40. The Kier molecular flexibility index (Phi) is 2.18. The zero-order valence-electron chi connectivity index (χ0n) is 9.69. The van der Waals surface area contributed by atoms with Crippen molar-refractivity contribution in [3.05, 3.63) is 42.7 Å². The van der Waals surface area contributed by atoms with Crippen LogP contribution in [0.25, 0.3) is 11.4 Å². The van der Waals surface area contributed by atoms with Gasteiger partial charge in [-0.2, -0.15) is 0 Å². The summed E-state index contributed by atoms with van der Waals surface area (Å²) in [7, 11) is 0. The maximum Gasteiger partial charge on any atom is 0.0555 e. The number of hydrogen-bond donors (Lipinski definition) is 0. The normalized spacial score (nSPS) is 13.7. The van der Waals surface area contributed by atoms with E-state index in [0.717, 1.165) is 0 Å². The number of aromatic nitrogens is 2. The molecule has 1 radical (unpaired) electrons. The van der Waals surface area contributed by atoms with E-state index in [1.54, 1.807) is 12.1 Å². The Bertz CT molecular complexity index is 451. The summed E-state index contributed by atoms with van der Waals surface area (Å²) < 4.78 is 23.1. The van der Waals surface area contributed by atoms with E-state index in [0.29, 0.717) is 11.4 Å². The maximum atomic E-state index is 7.32. The van der Waals surface area contributed by atoms with Crippen LogP contribution < -0.4 is 0 Å². The molecule has 0 unspecified atom stereocenters. The fourth-order valence-electron chi connectivity index (χ4n) is 1.04. The summed E-state index contributed by atoms with van der Waals surface area (Å²) in [6, 6.07) is 10.1. The second kappa shape index (κ2) is 4.35. The Hall–Kier alpha value is -0.921. The molecule has 2 aromatic rings. The molecule has 0 spiro atoms. The van der Waals surface area contributed by atoms with Crippen LogP contribution >= 0.6 is 0 Å². The molecule has 2 rings (SSSR count). The maximum absolute atomic E-state index is 7.32. The molecule has 0 saturated carbocycles. The van der Waals surface area contributed by atoms with Crippen LogP contribution in [0, 0.1) is 6.07 Å². The minimum absolute atomic E-state index is 0. The van der Waals surface area contributed by atoms with Gasteiger partial charge in [0, 0.05) is 43.6 Å². The standard InChI is InChI=1S/C10H9N2.Ir/c1-12-8-7-11-10(12)9-5-3-2-4-6-9;/h2-5,7-8H,1H3;/q-1;/i1D3;. The van der Waals surface area contributed by atoms with Gasteiger partial charge in [-0.05, 0) is 0 Å². The molecule has 0 aliphatic heterocycles. The third-order valence-electron chi connectivity index (χ3n) is 1.59. The monoisotopic (exact) mass is 353 g/mol. The van der Waals surface area contributed by atoms with Gasteiger partial charge in [0.25, 0.3) is 0 Å². The average Bonchev–Trinajstić information content (AvgIpc) is 2.67. The third-order valence-corrected chi connectivity index (χ3v) is 1.59. The summed E-state index contributed by atoms with van der Waals surface area (Å²) in [5, 5.41) is 0. The van der Waals surface area contributed by atoms with Gasteiger partial charge < -0.3 is 4.57 Å². The van der Waals surface area contributed by atoms with Crippen LogP contribution in [0.4, 0.5) is 0 Å². The third kappa shape index (κ3) is 2.06. The van der Waals surface area contributed by atoms with Crippen molar-refractivity contribution in [2.75, 3.05) is 0 Å². The van der Waals surface area contributed by atoms with Gasteiger partial charge in [-0.3, -0.25) is 4.98 Å². The van der Waals surface area contributed by atoms with Crippen molar-refractivity contribution >= 4 is 0 Å². The molecular weight excluding hydrogens is 340 g/mol. The molecule has 69 valence electrons. The van der Waals surface area contributed by atoms with Gasteiger partial charge in [-0.1, -0.05) is 0 Å². The molecule has 0 bridgehead atoms. The smallest absolute Gasteiger partial charge is 0.0555 e. The topological polar surface area (TPSA) is 17.8 Å². The van der Waals surface area contributed by atoms with Crippen LogP contribution in [0.5, 0.6) is 0 Å². The zero-order valence-corrected chi connectivity index (χ0v) is 9.09. The van der Waals surface area contributed by atoms with Crippen LogP contribution in [0.3, 0.4) is 0 Å². The molecule has 0 saturated heterocycles. The fraction of sp³-hybridized carbons (Fsp3) is 0.100. The molecule has 0 atom stereocenters. The Morgan fingerprint density at radius 3 is 3.15 bits per heavy atom. The minimum atomic E-state index is -2.20. The Morgan fingerprint density at radius 2 is 2.46 bits per heavy atom. The van der Waals surface area contributed by atoms with Crippen molar-refractivity contribution < 1.29 is 24.2 Å². The average molecular weight is 352 g/mol. The number of aryl methyl sites for hydroxylation is 1. The molecule has 0 fully saturated rings. The van der Waals surface area contributed by atoms with Crippen LogP contribution in [0.2, 0.25) is 0 Å². The SMILES string of the molecule is [2H]C([2H])([2H])n1ccnc1-c1[c-]cccc1.[Ir]. The first-order valence-corrected chi connectivity index (χ1v) is 3.60. The molecule has 0 N–H and O–H groups in total. The van der Waals surface area contributed by atoms with Crippen molar-refractivity contribution in [1.29, 1.82) is 0 Å². The fourth-order valence-corrected chi connectivity index (χ4v) is 1.04. The molecule has 1 aromatic carbocycles. The Morgan fingerprint density at radius 1 is 1.54 bits per heavy atom. The van der Waals surface area contributed by atoms with Crippen molar-refractivity contribution in [2.24, 2.45) is 6.98 Å². The largest absolute Gasteiger partial charge is 0.373 e. The molecule has 1 heterocycles. The number of hydrogen-bond acceptors (Lipinski definition) is 1. The van der Waals surface area contributed by atoms with Crippen LogP contribution in [-0.4, -0.2) is 9.55 Å². The predicted octanol–water partition coefficient (Wildman–Crippen LogP) is 1.88. The first-order chi connectivity index (χ1) is 7.09. The van der Waals surface area contributed by atoms with Gasteiger partial charge in [0.15, 0.2) is 0 Å². The van der Waals surface area contributed by atoms with Gasteiger partial charge in [-0.15, -0.1) is 35.9 Å². The van der Waals surface area contributed by atoms with Gasteiger partial charge in [-0.25, -0.2) is 0 Å². The van der Waals surface area contributed by atoms with Crippen LogP contribution in [-0.2, 0) is 27.1 Å². The Labute approximate surface area is 95.2 Å². The predicted molar refractivity (Wildman–Crippen MR) is 47.5 cm³/mol. The van der Waals surface area contributed by atoms with E-state index < -0.39 is 6.98 Å². The van der Waals surface area contributed by atoms with Gasteiger partial charge >= 0.3 is 0 Å². The van der Waals surface area contributed by atoms with Gasteiger partial charge in [0.05, 0.1) is 5.82 Å². The van der Waals surface area contributed by atoms with E-state index in [4.69, 9.17) is 4.11 Å². The quantitative estimate of drug-likeness (QED) is 0.717. The van der Waals surface area contributed by atoms with Crippen LogP contribution in [0.15, 0.2) is 36.7 Å². The summed E-state index contributed by atoms with van der Waals surface area (Å²) in [4.78, 5) is 4.02. The summed E-state index contributed by atoms with van der Waals surface area (Å²) in [6.45, 7) is -2.20. The van der Waals surface area contributed by atoms with Gasteiger partial charge in [0.2, 0.25) is 0 Å². The van der Waals surface area contributed by atoms with Crippen molar-refractivity contribution in [2.45, 2.75) is 0 Å². The van der Waals surface area contributed by atoms with Crippen molar-refractivity contribution in [1.82, 2.24) is 9.55 Å². The van der Waals surface area contributed by atoms with Gasteiger partial charge in [0.1, 0.15) is 0 Å². The minimum Gasteiger partial charge on any atom is -0.373 e. The summed E-state index contributed by atoms with van der Waals surface area (Å²) >= 11 is 0. The zero-order chi connectivity index (χ0) is 10.9. The van der Waals surface area contributed by atoms with E-state index in [-0.39, 0.29) is 20.1 Å². The van der Waals surface area contributed by atoms with E-state index in [9.17, 15) is 0 Å². The van der Waals surface area contributed by atoms with Crippen LogP contribution in [0.1, 0.15) is 4.11 Å². The van der Waals surface area contributed by atoms with Crippen molar-refractivity contribution in [3.8, 4) is 11.4 Å². The molecule has 1 aromatic heterocycles. The number of nitrogens with zero attached hydrogens (tertiary/aromatic N) is 2. The van der Waals surface area contributed by atoms with E-state index in [1.807, 2.05) is 12.1 Å². The second-order valence-electron chi connectivity index (χ2n) is 2.40. The molecule has 13 heavy (non-hydrogen) atoms. The van der Waals surface area contributed by atoms with E-state index >= 15 is 0 Å². The molecule has 0 aliphatic carbocycles. The summed E-state index contributed by atoms with van der Waals surface area (Å²) in [6.07, 6.45) is 2.92. The molecule has 2 nitrogen and oxygen atoms in total. The first kappa shape index (κ1) is 6.52. The molecule has 0 aliphatic rings. The number of imidazole rings is 1. The molecule has 0 amide bonds. The first-order valence-electron chi connectivity index (χ1n) is 5.10. The number of rotatable bonds is 1. The summed E-state index contributed by atoms with van der Waals surface area (Å²) in [5.41, 5.74) is 0.679. The summed E-state index contributed by atoms with van der Waals surface area (Å²) in [5.74, 6) is 0.413. The Balaban J connectivity index is 0.00000128.